The van der Waals surface area contributed by atoms with Crippen molar-refractivity contribution in [1.29, 1.82) is 0 Å². The summed E-state index contributed by atoms with van der Waals surface area (Å²) in [6.45, 7) is 2.15. The van der Waals surface area contributed by atoms with Crippen molar-refractivity contribution in [2.75, 3.05) is 5.32 Å². The Morgan fingerprint density at radius 1 is 1.47 bits per heavy atom. The lowest BCUT2D eigenvalue weighted by Gasteiger charge is -2.29. The van der Waals surface area contributed by atoms with E-state index in [-0.39, 0.29) is 4.90 Å². The number of rotatable bonds is 5. The fourth-order valence-electron chi connectivity index (χ4n) is 2.34. The molecule has 1 aromatic rings. The molecule has 0 spiro atoms. The highest BCUT2D eigenvalue weighted by molar-refractivity contribution is 9.10. The van der Waals surface area contributed by atoms with Gasteiger partial charge in [0.15, 0.2) is 0 Å². The summed E-state index contributed by atoms with van der Waals surface area (Å²) in [5.41, 5.74) is 0.902. The quantitative estimate of drug-likeness (QED) is 0.860. The zero-order valence-electron chi connectivity index (χ0n) is 10.9. The van der Waals surface area contributed by atoms with Crippen molar-refractivity contribution in [2.45, 2.75) is 43.5 Å². The second kappa shape index (κ2) is 5.81. The normalized spacial score (nSPS) is 17.8. The first-order chi connectivity index (χ1) is 8.86. The first-order valence-electron chi connectivity index (χ1n) is 6.45. The fraction of sp³-hybridized carbons (Fsp3) is 0.538. The van der Waals surface area contributed by atoms with Gasteiger partial charge in [-0.15, -0.1) is 0 Å². The van der Waals surface area contributed by atoms with Gasteiger partial charge in [-0.3, -0.25) is 0 Å². The molecule has 1 aliphatic rings. The summed E-state index contributed by atoms with van der Waals surface area (Å²) in [6.07, 6.45) is 5.17. The number of nitrogens with two attached hydrogens (primary N) is 1. The largest absolute Gasteiger partial charge is 0.382 e. The van der Waals surface area contributed by atoms with E-state index in [4.69, 9.17) is 5.14 Å². The molecule has 1 fully saturated rings. The van der Waals surface area contributed by atoms with E-state index in [1.807, 2.05) is 0 Å². The highest BCUT2D eigenvalue weighted by Gasteiger charge is 2.20. The van der Waals surface area contributed by atoms with Crippen molar-refractivity contribution >= 4 is 31.6 Å². The molecular formula is C13H19BrN2O2S. The Kier molecular flexibility index (Phi) is 4.53. The third-order valence-corrected chi connectivity index (χ3v) is 5.15. The lowest BCUT2D eigenvalue weighted by atomic mass is 9.81. The Bertz CT molecular complexity index is 556. The molecule has 0 heterocycles. The number of nitrogens with one attached hydrogen (secondary N) is 1. The molecule has 1 saturated carbocycles. The van der Waals surface area contributed by atoms with Crippen LogP contribution in [0.3, 0.4) is 0 Å². The molecule has 1 aromatic carbocycles. The van der Waals surface area contributed by atoms with Crippen LogP contribution >= 0.6 is 15.9 Å². The van der Waals surface area contributed by atoms with E-state index in [9.17, 15) is 8.42 Å². The minimum Gasteiger partial charge on any atom is -0.382 e. The summed E-state index contributed by atoms with van der Waals surface area (Å²) in [5, 5.41) is 8.50. The van der Waals surface area contributed by atoms with Crippen LogP contribution in [0.2, 0.25) is 0 Å². The van der Waals surface area contributed by atoms with Crippen LogP contribution in [0.15, 0.2) is 27.6 Å². The van der Waals surface area contributed by atoms with Gasteiger partial charge in [-0.1, -0.05) is 19.3 Å². The fourth-order valence-corrected chi connectivity index (χ4v) is 3.53. The summed E-state index contributed by atoms with van der Waals surface area (Å²) in [6, 6.07) is 5.19. The van der Waals surface area contributed by atoms with Gasteiger partial charge in [-0.25, -0.2) is 13.6 Å². The van der Waals surface area contributed by atoms with E-state index in [2.05, 4.69) is 28.2 Å². The second-order valence-corrected chi connectivity index (χ2v) is 7.68. The Hall–Kier alpha value is -0.590. The van der Waals surface area contributed by atoms with Crippen molar-refractivity contribution < 1.29 is 8.42 Å². The van der Waals surface area contributed by atoms with E-state index in [0.29, 0.717) is 6.04 Å². The Morgan fingerprint density at radius 3 is 2.63 bits per heavy atom. The number of sulfonamides is 1. The van der Waals surface area contributed by atoms with Crippen molar-refractivity contribution in [3.63, 3.8) is 0 Å². The molecule has 19 heavy (non-hydrogen) atoms. The van der Waals surface area contributed by atoms with E-state index in [1.165, 1.54) is 31.4 Å². The number of halogens is 1. The van der Waals surface area contributed by atoms with Gasteiger partial charge >= 0.3 is 0 Å². The summed E-state index contributed by atoms with van der Waals surface area (Å²) >= 11 is 3.38. The topological polar surface area (TPSA) is 72.2 Å². The molecule has 1 unspecified atom stereocenters. The Balaban J connectivity index is 2.04. The summed E-state index contributed by atoms with van der Waals surface area (Å²) in [4.78, 5) is 0.122. The Labute approximate surface area is 122 Å². The van der Waals surface area contributed by atoms with E-state index in [1.54, 1.807) is 6.07 Å². The zero-order valence-corrected chi connectivity index (χ0v) is 13.3. The SMILES string of the molecule is CC(CC1CCC1)Nc1ccc(S(N)(=O)=O)cc1Br. The van der Waals surface area contributed by atoms with E-state index in [0.717, 1.165) is 22.5 Å². The number of anilines is 1. The van der Waals surface area contributed by atoms with Gasteiger partial charge in [0.25, 0.3) is 0 Å². The van der Waals surface area contributed by atoms with Gasteiger partial charge in [-0.2, -0.15) is 0 Å². The van der Waals surface area contributed by atoms with Crippen LogP contribution in [0.25, 0.3) is 0 Å². The molecule has 0 aliphatic heterocycles. The average molecular weight is 347 g/mol. The maximum atomic E-state index is 11.2. The lowest BCUT2D eigenvalue weighted by molar-refractivity contribution is 0.286. The van der Waals surface area contributed by atoms with E-state index < -0.39 is 10.0 Å². The predicted molar refractivity (Wildman–Crippen MR) is 80.6 cm³/mol. The lowest BCUT2D eigenvalue weighted by Crippen LogP contribution is -2.23. The first kappa shape index (κ1) is 14.8. The van der Waals surface area contributed by atoms with Crippen LogP contribution in [0.5, 0.6) is 0 Å². The van der Waals surface area contributed by atoms with Crippen molar-refractivity contribution in [3.8, 4) is 0 Å². The molecule has 0 bridgehead atoms. The highest BCUT2D eigenvalue weighted by atomic mass is 79.9. The molecule has 2 rings (SSSR count). The van der Waals surface area contributed by atoms with Gasteiger partial charge in [0.1, 0.15) is 0 Å². The van der Waals surface area contributed by atoms with Crippen LogP contribution < -0.4 is 10.5 Å². The second-order valence-electron chi connectivity index (χ2n) is 5.26. The molecule has 0 saturated heterocycles. The van der Waals surface area contributed by atoms with Crippen LogP contribution in [-0.4, -0.2) is 14.5 Å². The molecule has 1 atom stereocenters. The van der Waals surface area contributed by atoms with Gasteiger partial charge in [0.2, 0.25) is 10.0 Å². The molecule has 6 heteroatoms. The summed E-state index contributed by atoms with van der Waals surface area (Å²) in [7, 11) is -3.64. The monoisotopic (exact) mass is 346 g/mol. The van der Waals surface area contributed by atoms with Gasteiger partial charge in [-0.05, 0) is 53.4 Å². The number of benzene rings is 1. The predicted octanol–water partition coefficient (Wildman–Crippen LogP) is 3.09. The number of hydrogen-bond donors (Lipinski definition) is 2. The maximum Gasteiger partial charge on any atom is 0.238 e. The van der Waals surface area contributed by atoms with Gasteiger partial charge in [0, 0.05) is 16.2 Å². The van der Waals surface area contributed by atoms with Crippen molar-refractivity contribution in [1.82, 2.24) is 0 Å². The van der Waals surface area contributed by atoms with Gasteiger partial charge < -0.3 is 5.32 Å². The minimum atomic E-state index is -3.64. The molecule has 4 nitrogen and oxygen atoms in total. The number of hydrogen-bond acceptors (Lipinski definition) is 3. The Morgan fingerprint density at radius 2 is 2.16 bits per heavy atom. The van der Waals surface area contributed by atoms with Gasteiger partial charge in [0.05, 0.1) is 4.90 Å². The maximum absolute atomic E-state index is 11.2. The molecule has 0 amide bonds. The molecule has 0 radical (unpaired) electrons. The van der Waals surface area contributed by atoms with Crippen LogP contribution in [-0.2, 0) is 10.0 Å². The third kappa shape index (κ3) is 3.94. The average Bonchev–Trinajstić information content (AvgIpc) is 2.25. The zero-order chi connectivity index (χ0) is 14.0. The third-order valence-electron chi connectivity index (χ3n) is 3.58. The van der Waals surface area contributed by atoms with Crippen LogP contribution in [0.1, 0.15) is 32.6 Å². The molecule has 0 aromatic heterocycles. The summed E-state index contributed by atoms with van der Waals surface area (Å²) in [5.74, 6) is 0.838. The first-order valence-corrected chi connectivity index (χ1v) is 8.79. The molecule has 106 valence electrons. The highest BCUT2D eigenvalue weighted by Crippen LogP contribution is 2.32. The molecule has 1 aliphatic carbocycles. The molecular weight excluding hydrogens is 328 g/mol. The van der Waals surface area contributed by atoms with Crippen molar-refractivity contribution in [2.24, 2.45) is 11.1 Å². The number of primary sulfonamides is 1. The van der Waals surface area contributed by atoms with Crippen molar-refractivity contribution in [3.05, 3.63) is 22.7 Å². The molecule has 3 N–H and O–H groups in total. The minimum absolute atomic E-state index is 0.122. The van der Waals surface area contributed by atoms with E-state index >= 15 is 0 Å². The van der Waals surface area contributed by atoms with Crippen LogP contribution in [0.4, 0.5) is 5.69 Å². The standard InChI is InChI=1S/C13H19BrN2O2S/c1-9(7-10-3-2-4-10)16-13-6-5-11(8-12(13)14)19(15,17)18/h5-6,8-10,16H,2-4,7H2,1H3,(H2,15,17,18). The smallest absolute Gasteiger partial charge is 0.238 e. The summed E-state index contributed by atoms with van der Waals surface area (Å²) < 4.78 is 23.2. The van der Waals surface area contributed by atoms with Crippen LogP contribution in [0, 0.1) is 5.92 Å².